The van der Waals surface area contributed by atoms with Gasteiger partial charge < -0.3 is 20.0 Å². The molecule has 1 saturated heterocycles. The van der Waals surface area contributed by atoms with Gasteiger partial charge in [0.1, 0.15) is 0 Å². The molecule has 214 valence electrons. The van der Waals surface area contributed by atoms with Gasteiger partial charge in [0.25, 0.3) is 11.8 Å². The zero-order chi connectivity index (χ0) is 28.7. The van der Waals surface area contributed by atoms with Crippen LogP contribution in [0.2, 0.25) is 0 Å². The van der Waals surface area contributed by atoms with Crippen molar-refractivity contribution in [1.82, 2.24) is 4.90 Å². The van der Waals surface area contributed by atoms with Gasteiger partial charge in [0.2, 0.25) is 0 Å². The van der Waals surface area contributed by atoms with E-state index >= 15 is 0 Å². The Morgan fingerprint density at radius 2 is 1.31 bits per heavy atom. The van der Waals surface area contributed by atoms with Gasteiger partial charge >= 0.3 is 0 Å². The average Bonchev–Trinajstić information content (AvgIpc) is 3.24. The van der Waals surface area contributed by atoms with Crippen molar-refractivity contribution in [2.45, 2.75) is 25.7 Å². The second-order valence-electron chi connectivity index (χ2n) is 11.1. The molecule has 6 rings (SSSR count). The van der Waals surface area contributed by atoms with E-state index in [0.717, 1.165) is 48.6 Å². The molecule has 0 unspecified atom stereocenters. The van der Waals surface area contributed by atoms with Crippen molar-refractivity contribution in [3.05, 3.63) is 114 Å². The van der Waals surface area contributed by atoms with Gasteiger partial charge in [-0.25, -0.2) is 0 Å². The van der Waals surface area contributed by atoms with E-state index in [1.807, 2.05) is 89.8 Å². The van der Waals surface area contributed by atoms with E-state index in [1.54, 1.807) is 0 Å². The smallest absolute Gasteiger partial charge is 0.258 e. The highest BCUT2D eigenvalue weighted by atomic mass is 16.2. The van der Waals surface area contributed by atoms with Crippen molar-refractivity contribution in [3.63, 3.8) is 0 Å². The molecule has 0 spiro atoms. The van der Waals surface area contributed by atoms with Crippen molar-refractivity contribution in [1.29, 1.82) is 0 Å². The van der Waals surface area contributed by atoms with Gasteiger partial charge in [-0.05, 0) is 85.9 Å². The predicted molar refractivity (Wildman–Crippen MR) is 172 cm³/mol. The first-order valence-corrected chi connectivity index (χ1v) is 15.1. The number of para-hydroxylation sites is 2. The fraction of sp³-hybridized carbons (Fsp3) is 0.278. The van der Waals surface area contributed by atoms with Crippen molar-refractivity contribution in [2.75, 3.05) is 54.4 Å². The summed E-state index contributed by atoms with van der Waals surface area (Å²) >= 11 is 0. The van der Waals surface area contributed by atoms with Crippen LogP contribution in [0.4, 0.5) is 17.1 Å². The zero-order valence-corrected chi connectivity index (χ0v) is 24.0. The highest BCUT2D eigenvalue weighted by Gasteiger charge is 2.26. The minimum atomic E-state index is -0.181. The molecular formula is C36H38N4O2. The molecule has 0 atom stereocenters. The largest absolute Gasteiger partial charge is 0.368 e. The van der Waals surface area contributed by atoms with Gasteiger partial charge in [-0.1, -0.05) is 67.1 Å². The summed E-state index contributed by atoms with van der Waals surface area (Å²) in [4.78, 5) is 34.0. The van der Waals surface area contributed by atoms with E-state index in [4.69, 9.17) is 0 Å². The number of fused-ring (bicyclic) bond motifs is 1. The Hall–Kier alpha value is -4.42. The maximum Gasteiger partial charge on any atom is 0.258 e. The Morgan fingerprint density at radius 1 is 0.619 bits per heavy atom. The number of hydrogen-bond acceptors (Lipinski definition) is 4. The van der Waals surface area contributed by atoms with Crippen LogP contribution in [-0.2, 0) is 0 Å². The Kier molecular flexibility index (Phi) is 8.61. The summed E-state index contributed by atoms with van der Waals surface area (Å²) in [6.07, 6.45) is 4.84. The summed E-state index contributed by atoms with van der Waals surface area (Å²) in [7, 11) is 0. The second kappa shape index (κ2) is 13.0. The number of rotatable bonds is 7. The lowest BCUT2D eigenvalue weighted by Crippen LogP contribution is -2.38. The van der Waals surface area contributed by atoms with Crippen LogP contribution in [0.1, 0.15) is 46.4 Å². The number of piperidine rings is 1. The van der Waals surface area contributed by atoms with Crippen LogP contribution in [0.15, 0.2) is 103 Å². The Balaban J connectivity index is 1.15. The quantitative estimate of drug-likeness (QED) is 0.267. The molecule has 4 aromatic rings. The summed E-state index contributed by atoms with van der Waals surface area (Å²) in [5.41, 5.74) is 5.83. The number of benzene rings is 4. The third-order valence-corrected chi connectivity index (χ3v) is 8.35. The maximum atomic E-state index is 13.8. The van der Waals surface area contributed by atoms with Gasteiger partial charge in [-0.3, -0.25) is 9.59 Å². The van der Waals surface area contributed by atoms with Crippen molar-refractivity contribution in [3.8, 4) is 11.1 Å². The molecule has 2 amide bonds. The summed E-state index contributed by atoms with van der Waals surface area (Å²) in [6.45, 7) is 6.02. The van der Waals surface area contributed by atoms with Gasteiger partial charge in [0.15, 0.2) is 0 Å². The minimum absolute atomic E-state index is 0.0207. The lowest BCUT2D eigenvalue weighted by molar-refractivity contribution is 0.0986. The predicted octanol–water partition coefficient (Wildman–Crippen LogP) is 6.95. The zero-order valence-electron chi connectivity index (χ0n) is 24.0. The van der Waals surface area contributed by atoms with Crippen LogP contribution in [0.3, 0.4) is 0 Å². The molecule has 0 bridgehead atoms. The molecule has 0 aromatic heterocycles. The highest BCUT2D eigenvalue weighted by Crippen LogP contribution is 2.33. The molecule has 2 aliphatic heterocycles. The van der Waals surface area contributed by atoms with Crippen molar-refractivity contribution in [2.24, 2.45) is 0 Å². The highest BCUT2D eigenvalue weighted by molar-refractivity contribution is 6.10. The SMILES string of the molecule is O=C(Nc1ccc(C(=O)N2CCCN(CCN3CCCCC3)c3ccccc32)cc1)c1ccccc1-c1ccccc1. The first kappa shape index (κ1) is 27.7. The number of amides is 2. The standard InChI is InChI=1S/C36H38N4O2/c41-35(32-15-6-5-14-31(32)28-12-3-1-4-13-28)37-30-20-18-29(19-21-30)36(42)40-25-11-24-39(33-16-7-8-17-34(33)40)27-26-38-22-9-2-10-23-38/h1,3-8,12-21H,2,9-11,22-27H2,(H,37,41). The molecule has 1 N–H and O–H groups in total. The molecule has 42 heavy (non-hydrogen) atoms. The monoisotopic (exact) mass is 558 g/mol. The van der Waals surface area contributed by atoms with E-state index in [0.29, 0.717) is 23.4 Å². The molecule has 0 radical (unpaired) electrons. The molecule has 2 aliphatic rings. The van der Waals surface area contributed by atoms with Crippen molar-refractivity contribution >= 4 is 28.9 Å². The number of nitrogens with one attached hydrogen (secondary N) is 1. The van der Waals surface area contributed by atoms with Crippen LogP contribution >= 0.6 is 0 Å². The van der Waals surface area contributed by atoms with E-state index in [1.165, 1.54) is 32.4 Å². The van der Waals surface area contributed by atoms with E-state index in [9.17, 15) is 9.59 Å². The topological polar surface area (TPSA) is 55.9 Å². The van der Waals surface area contributed by atoms with Crippen LogP contribution in [0.25, 0.3) is 11.1 Å². The van der Waals surface area contributed by atoms with Crippen LogP contribution in [0.5, 0.6) is 0 Å². The molecule has 0 aliphatic carbocycles. The normalized spacial score (nSPS) is 15.5. The third-order valence-electron chi connectivity index (χ3n) is 8.35. The molecule has 1 fully saturated rings. The number of carbonyl (C=O) groups excluding carboxylic acids is 2. The third kappa shape index (κ3) is 6.24. The van der Waals surface area contributed by atoms with E-state index in [-0.39, 0.29) is 11.8 Å². The molecule has 2 heterocycles. The lowest BCUT2D eigenvalue weighted by Gasteiger charge is -2.31. The summed E-state index contributed by atoms with van der Waals surface area (Å²) in [6, 6.07) is 33.0. The van der Waals surface area contributed by atoms with E-state index < -0.39 is 0 Å². The lowest BCUT2D eigenvalue weighted by atomic mass is 9.99. The second-order valence-corrected chi connectivity index (χ2v) is 11.1. The van der Waals surface area contributed by atoms with Crippen LogP contribution < -0.4 is 15.1 Å². The first-order chi connectivity index (χ1) is 20.7. The maximum absolute atomic E-state index is 13.8. The Morgan fingerprint density at radius 3 is 2.10 bits per heavy atom. The number of likely N-dealkylation sites (tertiary alicyclic amines) is 1. The van der Waals surface area contributed by atoms with E-state index in [2.05, 4.69) is 33.3 Å². The number of anilines is 3. The molecular weight excluding hydrogens is 520 g/mol. The minimum Gasteiger partial charge on any atom is -0.368 e. The fourth-order valence-corrected chi connectivity index (χ4v) is 6.11. The van der Waals surface area contributed by atoms with Crippen LogP contribution in [-0.4, -0.2) is 56.0 Å². The Labute approximate surface area is 248 Å². The summed E-state index contributed by atoms with van der Waals surface area (Å²) < 4.78 is 0. The number of carbonyl (C=O) groups is 2. The number of hydrogen-bond donors (Lipinski definition) is 1. The van der Waals surface area contributed by atoms with Gasteiger partial charge in [-0.2, -0.15) is 0 Å². The average molecular weight is 559 g/mol. The first-order valence-electron chi connectivity index (χ1n) is 15.1. The summed E-state index contributed by atoms with van der Waals surface area (Å²) in [5, 5.41) is 3.01. The molecule has 6 heteroatoms. The molecule has 4 aromatic carbocycles. The summed E-state index contributed by atoms with van der Waals surface area (Å²) in [5.74, 6) is -0.202. The molecule has 6 nitrogen and oxygen atoms in total. The van der Waals surface area contributed by atoms with Gasteiger partial charge in [0.05, 0.1) is 11.4 Å². The van der Waals surface area contributed by atoms with Gasteiger partial charge in [0, 0.05) is 43.0 Å². The van der Waals surface area contributed by atoms with Gasteiger partial charge in [-0.15, -0.1) is 0 Å². The molecule has 0 saturated carbocycles. The number of nitrogens with zero attached hydrogens (tertiary/aromatic N) is 3. The Bertz CT molecular complexity index is 1510. The fourth-order valence-electron chi connectivity index (χ4n) is 6.11. The van der Waals surface area contributed by atoms with Crippen molar-refractivity contribution < 1.29 is 9.59 Å². The van der Waals surface area contributed by atoms with Crippen LogP contribution in [0, 0.1) is 0 Å².